The quantitative estimate of drug-likeness (QED) is 0.396. The minimum Gasteiger partial charge on any atom is -0.495 e. The van der Waals surface area contributed by atoms with E-state index in [1.165, 1.54) is 13.3 Å². The molecule has 9 nitrogen and oxygen atoms in total. The van der Waals surface area contributed by atoms with Gasteiger partial charge < -0.3 is 19.9 Å². The average molecular weight is 470 g/mol. The van der Waals surface area contributed by atoms with Crippen LogP contribution in [0.15, 0.2) is 48.8 Å². The first-order valence-corrected chi connectivity index (χ1v) is 11.1. The number of benzene rings is 2. The lowest BCUT2D eigenvalue weighted by molar-refractivity contribution is 0.0535. The van der Waals surface area contributed by atoms with Crippen LogP contribution in [0.1, 0.15) is 44.3 Å². The van der Waals surface area contributed by atoms with Crippen LogP contribution in [0.2, 0.25) is 0 Å². The fourth-order valence-electron chi connectivity index (χ4n) is 4.43. The Hall–Kier alpha value is -4.26. The summed E-state index contributed by atoms with van der Waals surface area (Å²) in [6, 6.07) is 13.1. The number of nitrogens with zero attached hydrogens (tertiary/aromatic N) is 4. The molecule has 0 aliphatic carbocycles. The number of aliphatic hydroxyl groups is 1. The van der Waals surface area contributed by atoms with Gasteiger partial charge in [0.05, 0.1) is 36.7 Å². The zero-order chi connectivity index (χ0) is 24.5. The predicted octanol–water partition coefficient (Wildman–Crippen LogP) is 3.10. The third-order valence-electron chi connectivity index (χ3n) is 6.33. The average Bonchev–Trinajstić information content (AvgIpc) is 3.48. The number of hydrogen-bond donors (Lipinski definition) is 2. The molecule has 0 fully saturated rings. The molecule has 2 aromatic heterocycles. The molecule has 9 heteroatoms. The Morgan fingerprint density at radius 1 is 1.31 bits per heavy atom. The number of nitriles is 1. The lowest BCUT2D eigenvalue weighted by Crippen LogP contribution is -2.22. The summed E-state index contributed by atoms with van der Waals surface area (Å²) in [7, 11) is 1.51. The van der Waals surface area contributed by atoms with Crippen molar-refractivity contribution in [2.24, 2.45) is 0 Å². The van der Waals surface area contributed by atoms with E-state index in [0.29, 0.717) is 35.8 Å². The van der Waals surface area contributed by atoms with E-state index < -0.39 is 6.10 Å². The van der Waals surface area contributed by atoms with Crippen molar-refractivity contribution < 1.29 is 19.4 Å². The standard InChI is InChI=1S/C26H23N5O4/c1-15-18(6-7-19-21(15)14-35-26(19)33)23(32)13-28-10-16-4-3-5-22-20(16)12-30-31(22)25-8-24(34-2)17(9-27)11-29-25/h3-8,11-12,23,28,32H,10,13-14H2,1-2H3. The summed E-state index contributed by atoms with van der Waals surface area (Å²) < 4.78 is 12.1. The van der Waals surface area contributed by atoms with Gasteiger partial charge in [-0.05, 0) is 35.7 Å². The van der Waals surface area contributed by atoms with Crippen molar-refractivity contribution in [1.29, 1.82) is 5.26 Å². The fourth-order valence-corrected chi connectivity index (χ4v) is 4.43. The lowest BCUT2D eigenvalue weighted by Gasteiger charge is -2.16. The summed E-state index contributed by atoms with van der Waals surface area (Å²) in [5.41, 5.74) is 5.32. The highest BCUT2D eigenvalue weighted by Crippen LogP contribution is 2.29. The number of cyclic esters (lactones) is 1. The van der Waals surface area contributed by atoms with Crippen LogP contribution in [0, 0.1) is 18.3 Å². The van der Waals surface area contributed by atoms with E-state index in [2.05, 4.69) is 21.5 Å². The van der Waals surface area contributed by atoms with Gasteiger partial charge in [0.25, 0.3) is 0 Å². The van der Waals surface area contributed by atoms with E-state index in [1.54, 1.807) is 29.1 Å². The molecule has 1 aliphatic heterocycles. The number of nitrogens with one attached hydrogen (secondary N) is 1. The van der Waals surface area contributed by atoms with Crippen molar-refractivity contribution in [1.82, 2.24) is 20.1 Å². The van der Waals surface area contributed by atoms with Gasteiger partial charge in [-0.25, -0.2) is 14.5 Å². The van der Waals surface area contributed by atoms with Crippen molar-refractivity contribution in [2.45, 2.75) is 26.2 Å². The number of aliphatic hydroxyl groups excluding tert-OH is 1. The maximum atomic E-state index is 11.8. The molecule has 1 aliphatic rings. The van der Waals surface area contributed by atoms with Crippen molar-refractivity contribution >= 4 is 16.9 Å². The first-order chi connectivity index (χ1) is 17.0. The smallest absolute Gasteiger partial charge is 0.338 e. The predicted molar refractivity (Wildman–Crippen MR) is 127 cm³/mol. The van der Waals surface area contributed by atoms with Crippen LogP contribution >= 0.6 is 0 Å². The van der Waals surface area contributed by atoms with E-state index in [9.17, 15) is 15.2 Å². The monoisotopic (exact) mass is 469 g/mol. The molecule has 176 valence electrons. The number of hydrogen-bond acceptors (Lipinski definition) is 8. The largest absolute Gasteiger partial charge is 0.495 e. The third-order valence-corrected chi connectivity index (χ3v) is 6.33. The molecule has 0 saturated heterocycles. The molecule has 0 amide bonds. The number of methoxy groups -OCH3 is 1. The highest BCUT2D eigenvalue weighted by Gasteiger charge is 2.25. The maximum absolute atomic E-state index is 11.8. The van der Waals surface area contributed by atoms with Crippen molar-refractivity contribution in [3.63, 3.8) is 0 Å². The lowest BCUT2D eigenvalue weighted by atomic mass is 9.95. The summed E-state index contributed by atoms with van der Waals surface area (Å²) in [5, 5.41) is 28.8. The summed E-state index contributed by atoms with van der Waals surface area (Å²) in [4.78, 5) is 16.1. The van der Waals surface area contributed by atoms with Gasteiger partial charge in [-0.3, -0.25) is 0 Å². The summed E-state index contributed by atoms with van der Waals surface area (Å²) in [6.45, 7) is 3.02. The van der Waals surface area contributed by atoms with Crippen molar-refractivity contribution in [3.8, 4) is 17.6 Å². The second-order valence-electron chi connectivity index (χ2n) is 8.29. The van der Waals surface area contributed by atoms with Crippen LogP contribution in [0.5, 0.6) is 5.75 Å². The van der Waals surface area contributed by atoms with E-state index >= 15 is 0 Å². The van der Waals surface area contributed by atoms with Crippen LogP contribution < -0.4 is 10.1 Å². The topological polar surface area (TPSA) is 122 Å². The SMILES string of the molecule is COc1cc(-n2ncc3c(CNCC(O)c4ccc5c(c4C)COC5=O)cccc32)ncc1C#N. The molecule has 3 heterocycles. The summed E-state index contributed by atoms with van der Waals surface area (Å²) in [6.07, 6.45) is 2.52. The second-order valence-corrected chi connectivity index (χ2v) is 8.29. The van der Waals surface area contributed by atoms with Gasteiger partial charge in [0.1, 0.15) is 24.0 Å². The number of fused-ring (bicyclic) bond motifs is 2. The van der Waals surface area contributed by atoms with Crippen LogP contribution in [0.3, 0.4) is 0 Å². The van der Waals surface area contributed by atoms with Crippen LogP contribution in [-0.4, -0.2) is 39.5 Å². The molecule has 35 heavy (non-hydrogen) atoms. The molecule has 0 spiro atoms. The van der Waals surface area contributed by atoms with E-state index in [-0.39, 0.29) is 12.6 Å². The Bertz CT molecular complexity index is 1490. The van der Waals surface area contributed by atoms with Gasteiger partial charge in [0, 0.05) is 30.1 Å². The normalized spacial score (nSPS) is 13.4. The van der Waals surface area contributed by atoms with Gasteiger partial charge in [0.2, 0.25) is 0 Å². The van der Waals surface area contributed by atoms with Gasteiger partial charge in [-0.15, -0.1) is 0 Å². The maximum Gasteiger partial charge on any atom is 0.338 e. The Morgan fingerprint density at radius 2 is 2.17 bits per heavy atom. The molecular weight excluding hydrogens is 446 g/mol. The molecular formula is C26H23N5O4. The minimum atomic E-state index is -0.728. The van der Waals surface area contributed by atoms with E-state index in [0.717, 1.165) is 33.2 Å². The van der Waals surface area contributed by atoms with Crippen molar-refractivity contribution in [3.05, 3.63) is 82.2 Å². The molecule has 0 saturated carbocycles. The van der Waals surface area contributed by atoms with Crippen molar-refractivity contribution in [2.75, 3.05) is 13.7 Å². The minimum absolute atomic E-state index is 0.250. The fraction of sp³-hybridized carbons (Fsp3) is 0.231. The van der Waals surface area contributed by atoms with Gasteiger partial charge in [-0.1, -0.05) is 18.2 Å². The molecule has 5 rings (SSSR count). The number of esters is 1. The Morgan fingerprint density at radius 3 is 2.97 bits per heavy atom. The first-order valence-electron chi connectivity index (χ1n) is 11.1. The summed E-state index contributed by atoms with van der Waals surface area (Å²) in [5.74, 6) is 0.669. The number of carbonyl (C=O) groups excluding carboxylic acids is 1. The number of carbonyl (C=O) groups is 1. The molecule has 0 bridgehead atoms. The molecule has 1 atom stereocenters. The molecule has 2 aromatic carbocycles. The Balaban J connectivity index is 1.33. The number of rotatable bonds is 7. The molecule has 2 N–H and O–H groups in total. The molecule has 4 aromatic rings. The van der Waals surface area contributed by atoms with Gasteiger partial charge in [-0.2, -0.15) is 10.4 Å². The second kappa shape index (κ2) is 9.18. The van der Waals surface area contributed by atoms with E-state index in [4.69, 9.17) is 9.47 Å². The number of aromatic nitrogens is 3. The van der Waals surface area contributed by atoms with Crippen LogP contribution in [0.25, 0.3) is 16.7 Å². The Labute approximate surface area is 201 Å². The number of ether oxygens (including phenoxy) is 2. The highest BCUT2D eigenvalue weighted by atomic mass is 16.5. The van der Waals surface area contributed by atoms with Crippen LogP contribution in [-0.2, 0) is 17.9 Å². The number of pyridine rings is 1. The zero-order valence-electron chi connectivity index (χ0n) is 19.3. The van der Waals surface area contributed by atoms with Gasteiger partial charge in [0.15, 0.2) is 5.82 Å². The molecule has 0 radical (unpaired) electrons. The highest BCUT2D eigenvalue weighted by molar-refractivity contribution is 5.94. The zero-order valence-corrected chi connectivity index (χ0v) is 19.3. The van der Waals surface area contributed by atoms with E-state index in [1.807, 2.05) is 25.1 Å². The first kappa shape index (κ1) is 22.5. The molecule has 1 unspecified atom stereocenters. The van der Waals surface area contributed by atoms with Gasteiger partial charge >= 0.3 is 5.97 Å². The van der Waals surface area contributed by atoms with Crippen LogP contribution in [0.4, 0.5) is 0 Å². The Kier molecular flexibility index (Phi) is 5.91. The summed E-state index contributed by atoms with van der Waals surface area (Å²) >= 11 is 0. The third kappa shape index (κ3) is 3.99.